The Balaban J connectivity index is 2.13. The van der Waals surface area contributed by atoms with Crippen LogP contribution in [0.15, 0.2) is 48.0 Å². The van der Waals surface area contributed by atoms with Crippen LogP contribution in [-0.2, 0) is 0 Å². The highest BCUT2D eigenvalue weighted by molar-refractivity contribution is 6.09. The Hall–Kier alpha value is -2.22. The number of hydrogen-bond acceptors (Lipinski definition) is 1. The molecule has 0 aliphatic carbocycles. The molecule has 2 heteroatoms. The van der Waals surface area contributed by atoms with E-state index in [1.165, 1.54) is 21.9 Å². The van der Waals surface area contributed by atoms with Crippen LogP contribution in [0.1, 0.15) is 19.4 Å². The number of benzene rings is 2. The molecule has 0 amide bonds. The summed E-state index contributed by atoms with van der Waals surface area (Å²) in [5.74, 6) is 0.925. The van der Waals surface area contributed by atoms with Crippen molar-refractivity contribution >= 4 is 21.8 Å². The Kier molecular flexibility index (Phi) is 3.23. The van der Waals surface area contributed by atoms with Crippen LogP contribution in [0.3, 0.4) is 0 Å². The number of aryl methyl sites for hydroxylation is 1. The lowest BCUT2D eigenvalue weighted by Gasteiger charge is -2.07. The van der Waals surface area contributed by atoms with Gasteiger partial charge in [0.1, 0.15) is 12.4 Å². The standard InChI is InChI=1S/C18H19NO/c1-12(2)8-9-20-17-11-13(3)10-15-14-6-4-5-7-16(14)19-18(15)17/h4-8,10-11,19H,9H2,1-3H3. The molecule has 1 N–H and O–H groups in total. The van der Waals surface area contributed by atoms with Crippen molar-refractivity contribution in [3.63, 3.8) is 0 Å². The third kappa shape index (κ3) is 2.29. The largest absolute Gasteiger partial charge is 0.487 e. The maximum absolute atomic E-state index is 5.93. The Morgan fingerprint density at radius 1 is 1.15 bits per heavy atom. The lowest BCUT2D eigenvalue weighted by Crippen LogP contribution is -1.95. The lowest BCUT2D eigenvalue weighted by molar-refractivity contribution is 0.365. The van der Waals surface area contributed by atoms with Crippen molar-refractivity contribution in [2.75, 3.05) is 6.61 Å². The maximum atomic E-state index is 5.93. The molecule has 102 valence electrons. The minimum Gasteiger partial charge on any atom is -0.487 e. The van der Waals surface area contributed by atoms with Gasteiger partial charge in [-0.05, 0) is 50.6 Å². The van der Waals surface area contributed by atoms with Crippen LogP contribution < -0.4 is 4.74 Å². The van der Waals surface area contributed by atoms with Gasteiger partial charge in [-0.15, -0.1) is 0 Å². The Morgan fingerprint density at radius 2 is 1.95 bits per heavy atom. The number of nitrogens with one attached hydrogen (secondary N) is 1. The van der Waals surface area contributed by atoms with Gasteiger partial charge in [0.2, 0.25) is 0 Å². The van der Waals surface area contributed by atoms with Gasteiger partial charge in [0.15, 0.2) is 0 Å². The smallest absolute Gasteiger partial charge is 0.144 e. The summed E-state index contributed by atoms with van der Waals surface area (Å²) in [5.41, 5.74) is 4.72. The van der Waals surface area contributed by atoms with E-state index >= 15 is 0 Å². The SMILES string of the molecule is CC(C)=CCOc1cc(C)cc2c1[nH]c1ccccc12. The van der Waals surface area contributed by atoms with Gasteiger partial charge in [0.05, 0.1) is 5.52 Å². The van der Waals surface area contributed by atoms with Crippen LogP contribution in [0.2, 0.25) is 0 Å². The quantitative estimate of drug-likeness (QED) is 0.664. The lowest BCUT2D eigenvalue weighted by atomic mass is 10.1. The summed E-state index contributed by atoms with van der Waals surface area (Å²) >= 11 is 0. The topological polar surface area (TPSA) is 25.0 Å². The Morgan fingerprint density at radius 3 is 2.75 bits per heavy atom. The molecular weight excluding hydrogens is 246 g/mol. The van der Waals surface area contributed by atoms with Gasteiger partial charge in [-0.25, -0.2) is 0 Å². The van der Waals surface area contributed by atoms with Gasteiger partial charge >= 0.3 is 0 Å². The number of allylic oxidation sites excluding steroid dienone is 1. The van der Waals surface area contributed by atoms with Gasteiger partial charge in [-0.2, -0.15) is 0 Å². The molecule has 0 aliphatic heterocycles. The van der Waals surface area contributed by atoms with E-state index in [2.05, 4.69) is 62.2 Å². The zero-order chi connectivity index (χ0) is 14.1. The van der Waals surface area contributed by atoms with E-state index in [4.69, 9.17) is 4.74 Å². The van der Waals surface area contributed by atoms with Crippen LogP contribution >= 0.6 is 0 Å². The minimum absolute atomic E-state index is 0.607. The number of fused-ring (bicyclic) bond motifs is 3. The highest BCUT2D eigenvalue weighted by Crippen LogP contribution is 2.32. The fraction of sp³-hybridized carbons (Fsp3) is 0.222. The first-order valence-corrected chi connectivity index (χ1v) is 6.92. The first-order valence-electron chi connectivity index (χ1n) is 6.92. The first kappa shape index (κ1) is 12.8. The number of rotatable bonds is 3. The molecule has 0 bridgehead atoms. The first-order chi connectivity index (χ1) is 9.65. The number of para-hydroxylation sites is 1. The van der Waals surface area contributed by atoms with E-state index < -0.39 is 0 Å². The molecule has 20 heavy (non-hydrogen) atoms. The van der Waals surface area contributed by atoms with Crippen LogP contribution in [-0.4, -0.2) is 11.6 Å². The average Bonchev–Trinajstić information content (AvgIpc) is 2.77. The molecule has 3 aromatic rings. The molecule has 0 saturated heterocycles. The van der Waals surface area contributed by atoms with Crippen molar-refractivity contribution in [3.05, 3.63) is 53.6 Å². The van der Waals surface area contributed by atoms with Crippen LogP contribution in [0, 0.1) is 6.92 Å². The van der Waals surface area contributed by atoms with Crippen LogP contribution in [0.25, 0.3) is 21.8 Å². The van der Waals surface area contributed by atoms with Crippen molar-refractivity contribution < 1.29 is 4.74 Å². The second-order valence-corrected chi connectivity index (χ2v) is 5.45. The number of aromatic amines is 1. The van der Waals surface area contributed by atoms with Crippen molar-refractivity contribution in [2.24, 2.45) is 0 Å². The molecule has 3 rings (SSSR count). The average molecular weight is 265 g/mol. The summed E-state index contributed by atoms with van der Waals surface area (Å²) in [7, 11) is 0. The zero-order valence-electron chi connectivity index (χ0n) is 12.2. The molecular formula is C18H19NO. The molecule has 0 aliphatic rings. The molecule has 1 heterocycles. The Labute approximate surface area is 119 Å². The second-order valence-electron chi connectivity index (χ2n) is 5.45. The van der Waals surface area contributed by atoms with E-state index in [1.54, 1.807) is 0 Å². The molecule has 0 unspecified atom stereocenters. The molecule has 0 fully saturated rings. The fourth-order valence-corrected chi connectivity index (χ4v) is 2.47. The summed E-state index contributed by atoms with van der Waals surface area (Å²) in [6.07, 6.45) is 2.09. The van der Waals surface area contributed by atoms with Crippen LogP contribution in [0.5, 0.6) is 5.75 Å². The van der Waals surface area contributed by atoms with Gasteiger partial charge in [-0.3, -0.25) is 0 Å². The predicted molar refractivity (Wildman–Crippen MR) is 85.5 cm³/mol. The summed E-state index contributed by atoms with van der Waals surface area (Å²) in [6, 6.07) is 12.7. The number of H-pyrrole nitrogens is 1. The summed E-state index contributed by atoms with van der Waals surface area (Å²) < 4.78 is 5.93. The van der Waals surface area contributed by atoms with Crippen molar-refractivity contribution in [1.29, 1.82) is 0 Å². The number of ether oxygens (including phenoxy) is 1. The van der Waals surface area contributed by atoms with Crippen molar-refractivity contribution in [1.82, 2.24) is 4.98 Å². The van der Waals surface area contributed by atoms with Crippen molar-refractivity contribution in [2.45, 2.75) is 20.8 Å². The molecule has 2 aromatic carbocycles. The Bertz CT molecular complexity index is 792. The highest BCUT2D eigenvalue weighted by Gasteiger charge is 2.09. The molecule has 2 nitrogen and oxygen atoms in total. The van der Waals surface area contributed by atoms with Gasteiger partial charge in [0.25, 0.3) is 0 Å². The monoisotopic (exact) mass is 265 g/mol. The van der Waals surface area contributed by atoms with Gasteiger partial charge in [0, 0.05) is 16.3 Å². The van der Waals surface area contributed by atoms with Crippen molar-refractivity contribution in [3.8, 4) is 5.75 Å². The zero-order valence-corrected chi connectivity index (χ0v) is 12.2. The summed E-state index contributed by atoms with van der Waals surface area (Å²) in [4.78, 5) is 3.47. The van der Waals surface area contributed by atoms with E-state index in [-0.39, 0.29) is 0 Å². The fourth-order valence-electron chi connectivity index (χ4n) is 2.47. The predicted octanol–water partition coefficient (Wildman–Crippen LogP) is 4.97. The number of aromatic nitrogens is 1. The van der Waals surface area contributed by atoms with E-state index in [0.29, 0.717) is 6.61 Å². The normalized spacial score (nSPS) is 10.9. The third-order valence-electron chi connectivity index (χ3n) is 3.45. The van der Waals surface area contributed by atoms with E-state index in [1.807, 2.05) is 6.07 Å². The molecule has 0 saturated carbocycles. The molecule has 1 aromatic heterocycles. The van der Waals surface area contributed by atoms with Gasteiger partial charge in [-0.1, -0.05) is 23.8 Å². The highest BCUT2D eigenvalue weighted by atomic mass is 16.5. The van der Waals surface area contributed by atoms with E-state index in [0.717, 1.165) is 16.8 Å². The summed E-state index contributed by atoms with van der Waals surface area (Å²) in [5, 5.41) is 2.48. The molecule has 0 spiro atoms. The summed E-state index contributed by atoms with van der Waals surface area (Å²) in [6.45, 7) is 6.88. The van der Waals surface area contributed by atoms with E-state index in [9.17, 15) is 0 Å². The number of hydrogen-bond donors (Lipinski definition) is 1. The molecule has 0 radical (unpaired) electrons. The minimum atomic E-state index is 0.607. The third-order valence-corrected chi connectivity index (χ3v) is 3.45. The van der Waals surface area contributed by atoms with Crippen LogP contribution in [0.4, 0.5) is 0 Å². The molecule has 0 atom stereocenters. The second kappa shape index (κ2) is 5.04. The maximum Gasteiger partial charge on any atom is 0.144 e. The van der Waals surface area contributed by atoms with Gasteiger partial charge < -0.3 is 9.72 Å².